The van der Waals surface area contributed by atoms with Gasteiger partial charge >= 0.3 is 0 Å². The molecule has 2 N–H and O–H groups in total. The second-order valence-electron chi connectivity index (χ2n) is 3.66. The molecular formula is C12H11F2NS. The molecule has 1 atom stereocenters. The zero-order chi connectivity index (χ0) is 11.7. The van der Waals surface area contributed by atoms with E-state index in [1.54, 1.807) is 0 Å². The highest BCUT2D eigenvalue weighted by Crippen LogP contribution is 2.31. The molecule has 1 heterocycles. The fraction of sp³-hybridized carbons (Fsp3) is 0.167. The van der Waals surface area contributed by atoms with E-state index in [1.807, 2.05) is 18.4 Å². The van der Waals surface area contributed by atoms with Crippen LogP contribution in [0.3, 0.4) is 0 Å². The largest absolute Gasteiger partial charge is 0.324 e. The molecule has 0 saturated heterocycles. The quantitative estimate of drug-likeness (QED) is 0.849. The van der Waals surface area contributed by atoms with Crippen molar-refractivity contribution in [2.45, 2.75) is 13.0 Å². The number of hydrogen-bond acceptors (Lipinski definition) is 2. The molecule has 0 amide bonds. The molecule has 0 fully saturated rings. The number of thiophene rings is 1. The van der Waals surface area contributed by atoms with Gasteiger partial charge in [-0.15, -0.1) is 11.3 Å². The molecule has 2 aromatic rings. The lowest BCUT2D eigenvalue weighted by Gasteiger charge is -2.01. The Hall–Kier alpha value is -1.26. The van der Waals surface area contributed by atoms with Crippen molar-refractivity contribution in [1.29, 1.82) is 0 Å². The molecule has 1 aromatic carbocycles. The summed E-state index contributed by atoms with van der Waals surface area (Å²) in [6, 6.07) is 5.35. The van der Waals surface area contributed by atoms with Gasteiger partial charge in [0, 0.05) is 22.5 Å². The van der Waals surface area contributed by atoms with Crippen molar-refractivity contribution in [2.24, 2.45) is 5.73 Å². The Bertz CT molecular complexity index is 505. The predicted octanol–water partition coefficient (Wildman–Crippen LogP) is 3.71. The van der Waals surface area contributed by atoms with E-state index in [0.717, 1.165) is 16.5 Å². The van der Waals surface area contributed by atoms with E-state index in [1.165, 1.54) is 23.5 Å². The van der Waals surface area contributed by atoms with Crippen molar-refractivity contribution < 1.29 is 8.78 Å². The molecule has 1 aromatic heterocycles. The molecule has 4 heteroatoms. The maximum absolute atomic E-state index is 13.5. The molecule has 0 aliphatic heterocycles. The fourth-order valence-corrected chi connectivity index (χ4v) is 2.46. The number of halogens is 2. The van der Waals surface area contributed by atoms with E-state index in [-0.39, 0.29) is 6.04 Å². The summed E-state index contributed by atoms with van der Waals surface area (Å²) in [4.78, 5) is 0.768. The van der Waals surface area contributed by atoms with Crippen LogP contribution in [0.5, 0.6) is 0 Å². The lowest BCUT2D eigenvalue weighted by atomic mass is 10.1. The van der Waals surface area contributed by atoms with Crippen LogP contribution in [0.25, 0.3) is 10.4 Å². The van der Waals surface area contributed by atoms with Crippen LogP contribution >= 0.6 is 11.3 Å². The monoisotopic (exact) mass is 239 g/mol. The second-order valence-corrected chi connectivity index (χ2v) is 4.57. The van der Waals surface area contributed by atoms with Crippen molar-refractivity contribution in [3.05, 3.63) is 46.8 Å². The highest BCUT2D eigenvalue weighted by atomic mass is 32.1. The van der Waals surface area contributed by atoms with Crippen molar-refractivity contribution >= 4 is 11.3 Å². The summed E-state index contributed by atoms with van der Waals surface area (Å²) in [7, 11) is 0. The molecule has 0 radical (unpaired) electrons. The van der Waals surface area contributed by atoms with Gasteiger partial charge in [-0.25, -0.2) is 8.78 Å². The van der Waals surface area contributed by atoms with Gasteiger partial charge in [-0.3, -0.25) is 0 Å². The Balaban J connectivity index is 2.42. The van der Waals surface area contributed by atoms with Crippen LogP contribution in [0.4, 0.5) is 8.78 Å². The van der Waals surface area contributed by atoms with Crippen LogP contribution in [-0.4, -0.2) is 0 Å². The van der Waals surface area contributed by atoms with Crippen LogP contribution in [0.1, 0.15) is 18.5 Å². The maximum Gasteiger partial charge on any atom is 0.134 e. The summed E-state index contributed by atoms with van der Waals surface area (Å²) in [6.07, 6.45) is 0. The topological polar surface area (TPSA) is 26.0 Å². The van der Waals surface area contributed by atoms with Gasteiger partial charge in [0.1, 0.15) is 11.6 Å². The van der Waals surface area contributed by atoms with Gasteiger partial charge in [0.2, 0.25) is 0 Å². The number of rotatable bonds is 2. The fourth-order valence-electron chi connectivity index (χ4n) is 1.42. The zero-order valence-electron chi connectivity index (χ0n) is 8.71. The molecule has 16 heavy (non-hydrogen) atoms. The van der Waals surface area contributed by atoms with Gasteiger partial charge in [-0.2, -0.15) is 0 Å². The minimum Gasteiger partial charge on any atom is -0.324 e. The minimum absolute atomic E-state index is 0.0755. The molecule has 1 unspecified atom stereocenters. The molecule has 1 nitrogen and oxygen atoms in total. The van der Waals surface area contributed by atoms with Gasteiger partial charge in [0.15, 0.2) is 0 Å². The maximum atomic E-state index is 13.5. The summed E-state index contributed by atoms with van der Waals surface area (Å²) in [6.45, 7) is 1.87. The Labute approximate surface area is 96.5 Å². The first-order valence-corrected chi connectivity index (χ1v) is 5.75. The van der Waals surface area contributed by atoms with E-state index < -0.39 is 11.6 Å². The van der Waals surface area contributed by atoms with Crippen molar-refractivity contribution in [1.82, 2.24) is 0 Å². The predicted molar refractivity (Wildman–Crippen MR) is 62.3 cm³/mol. The highest BCUT2D eigenvalue weighted by molar-refractivity contribution is 7.13. The van der Waals surface area contributed by atoms with Crippen LogP contribution in [0, 0.1) is 11.6 Å². The average Bonchev–Trinajstić information content (AvgIpc) is 2.66. The Morgan fingerprint density at radius 3 is 2.56 bits per heavy atom. The number of benzene rings is 1. The molecule has 0 aliphatic carbocycles. The van der Waals surface area contributed by atoms with Crippen molar-refractivity contribution in [3.8, 4) is 10.4 Å². The normalized spacial score (nSPS) is 12.8. The molecule has 84 valence electrons. The molecule has 0 saturated carbocycles. The average molecular weight is 239 g/mol. The summed E-state index contributed by atoms with van der Waals surface area (Å²) in [5, 5.41) is 1.89. The van der Waals surface area contributed by atoms with Crippen molar-refractivity contribution in [2.75, 3.05) is 0 Å². The van der Waals surface area contributed by atoms with Gasteiger partial charge < -0.3 is 5.73 Å². The first-order valence-electron chi connectivity index (χ1n) is 4.87. The molecule has 0 aliphatic rings. The number of hydrogen-bond donors (Lipinski definition) is 1. The lowest BCUT2D eigenvalue weighted by Crippen LogP contribution is -2.02. The molecular weight excluding hydrogens is 228 g/mol. The molecule has 0 spiro atoms. The third kappa shape index (κ3) is 2.13. The van der Waals surface area contributed by atoms with Gasteiger partial charge in [-0.05, 0) is 36.1 Å². The molecule has 0 bridgehead atoms. The van der Waals surface area contributed by atoms with Crippen LogP contribution in [0.2, 0.25) is 0 Å². The van der Waals surface area contributed by atoms with E-state index in [0.29, 0.717) is 5.56 Å². The minimum atomic E-state index is -0.565. The van der Waals surface area contributed by atoms with Crippen LogP contribution < -0.4 is 5.73 Å². The summed E-state index contributed by atoms with van der Waals surface area (Å²) in [5.74, 6) is -1.11. The lowest BCUT2D eigenvalue weighted by molar-refractivity contribution is 0.586. The Kier molecular flexibility index (Phi) is 3.03. The standard InChI is InChI=1S/C12H11F2NS/c1-7(15)8-4-12(16-6-8)10-3-2-9(13)5-11(10)14/h2-7H,15H2,1H3. The summed E-state index contributed by atoms with van der Waals surface area (Å²) >= 11 is 1.41. The first kappa shape index (κ1) is 11.2. The summed E-state index contributed by atoms with van der Waals surface area (Å²) in [5.41, 5.74) is 7.10. The summed E-state index contributed by atoms with van der Waals surface area (Å²) < 4.78 is 26.2. The first-order chi connectivity index (χ1) is 7.58. The van der Waals surface area contributed by atoms with E-state index in [2.05, 4.69) is 0 Å². The van der Waals surface area contributed by atoms with Gasteiger partial charge in [0.05, 0.1) is 0 Å². The van der Waals surface area contributed by atoms with Crippen LogP contribution in [-0.2, 0) is 0 Å². The Morgan fingerprint density at radius 1 is 1.25 bits per heavy atom. The SMILES string of the molecule is CC(N)c1csc(-c2ccc(F)cc2F)c1. The smallest absolute Gasteiger partial charge is 0.134 e. The van der Waals surface area contributed by atoms with Gasteiger partial charge in [0.25, 0.3) is 0 Å². The highest BCUT2D eigenvalue weighted by Gasteiger charge is 2.10. The van der Waals surface area contributed by atoms with Gasteiger partial charge in [-0.1, -0.05) is 0 Å². The van der Waals surface area contributed by atoms with Crippen LogP contribution in [0.15, 0.2) is 29.6 Å². The third-order valence-corrected chi connectivity index (χ3v) is 3.32. The number of nitrogens with two attached hydrogens (primary N) is 1. The zero-order valence-corrected chi connectivity index (χ0v) is 9.52. The molecule has 2 rings (SSSR count). The van der Waals surface area contributed by atoms with Crippen molar-refractivity contribution in [3.63, 3.8) is 0 Å². The van der Waals surface area contributed by atoms with E-state index in [9.17, 15) is 8.78 Å². The third-order valence-electron chi connectivity index (χ3n) is 2.34. The van der Waals surface area contributed by atoms with E-state index >= 15 is 0 Å². The second kappa shape index (κ2) is 4.31. The Morgan fingerprint density at radius 2 is 2.00 bits per heavy atom. The van der Waals surface area contributed by atoms with E-state index in [4.69, 9.17) is 5.73 Å².